The van der Waals surface area contributed by atoms with Crippen molar-refractivity contribution in [3.8, 4) is 77.9 Å². The number of rotatable bonds is 10. The van der Waals surface area contributed by atoms with Crippen LogP contribution in [0.5, 0.6) is 0 Å². The van der Waals surface area contributed by atoms with Crippen molar-refractivity contribution >= 4 is 185 Å². The highest BCUT2D eigenvalue weighted by Crippen LogP contribution is 2.48. The van der Waals surface area contributed by atoms with Crippen LogP contribution in [0, 0.1) is 0 Å². The summed E-state index contributed by atoms with van der Waals surface area (Å²) in [5.74, 6) is 0. The van der Waals surface area contributed by atoms with Crippen LogP contribution < -0.4 is 47.2 Å². The Morgan fingerprint density at radius 1 is 0.185 bits per heavy atom. The van der Waals surface area contributed by atoms with Crippen LogP contribution in [0.1, 0.15) is 0 Å². The fourth-order valence-corrected chi connectivity index (χ4v) is 21.9. The van der Waals surface area contributed by atoms with E-state index in [1.54, 1.807) is 0 Å². The molecular formula is C120H78B3N3O3S. The molecule has 130 heavy (non-hydrogen) atoms. The third kappa shape index (κ3) is 13.0. The first-order valence-corrected chi connectivity index (χ1v) is 45.4. The van der Waals surface area contributed by atoms with E-state index in [-0.39, 0.29) is 20.5 Å². The van der Waals surface area contributed by atoms with E-state index >= 15 is 0 Å². The summed E-state index contributed by atoms with van der Waals surface area (Å²) in [7, 11) is 0. The van der Waals surface area contributed by atoms with Crippen LogP contribution in [-0.2, 0) is 0 Å². The quantitative estimate of drug-likeness (QED) is 0.127. The molecule has 0 radical (unpaired) electrons. The van der Waals surface area contributed by atoms with Crippen LogP contribution >= 0.6 is 11.3 Å². The highest BCUT2D eigenvalue weighted by Gasteiger charge is 2.41. The molecule has 3 aliphatic heterocycles. The van der Waals surface area contributed by atoms with Crippen LogP contribution in [0.3, 0.4) is 0 Å². The molecule has 0 amide bonds. The average Bonchev–Trinajstić information content (AvgIpc) is 1.54. The van der Waals surface area contributed by atoms with Gasteiger partial charge in [0.05, 0.1) is 0 Å². The van der Waals surface area contributed by atoms with Gasteiger partial charge < -0.3 is 27.7 Å². The Bertz CT molecular complexity index is 7990. The average molecular weight is 1670 g/mol. The lowest BCUT2D eigenvalue weighted by Crippen LogP contribution is -2.57. The van der Waals surface area contributed by atoms with Gasteiger partial charge in [-0.05, 0) is 187 Å². The Labute approximate surface area is 758 Å². The van der Waals surface area contributed by atoms with Gasteiger partial charge in [0, 0.05) is 109 Å². The first-order chi connectivity index (χ1) is 64.5. The molecule has 0 fully saturated rings. The van der Waals surface area contributed by atoms with Gasteiger partial charge in [-0.1, -0.05) is 374 Å². The maximum atomic E-state index is 6.42. The molecule has 3 aliphatic rings. The molecule has 4 aromatic heterocycles. The summed E-state index contributed by atoms with van der Waals surface area (Å²) >= 11 is 1.88. The highest BCUT2D eigenvalue weighted by molar-refractivity contribution is 7.26. The number of thiophene rings is 1. The molecule has 0 unspecified atom stereocenters. The highest BCUT2D eigenvalue weighted by atomic mass is 32.1. The predicted molar refractivity (Wildman–Crippen MR) is 552 cm³/mol. The number of benzene rings is 20. The molecular weight excluding hydrogens is 1600 g/mol. The van der Waals surface area contributed by atoms with Crippen molar-refractivity contribution in [3.05, 3.63) is 473 Å². The minimum absolute atomic E-state index is 0.0148. The Balaban J connectivity index is 0.000000107. The van der Waals surface area contributed by atoms with Gasteiger partial charge in [-0.3, -0.25) is 0 Å². The summed E-state index contributed by atoms with van der Waals surface area (Å²) in [5.41, 5.74) is 37.6. The fourth-order valence-electron chi connectivity index (χ4n) is 20.7. The smallest absolute Gasteiger partial charge is 0.328 e. The maximum absolute atomic E-state index is 6.42. The van der Waals surface area contributed by atoms with E-state index in [0.29, 0.717) is 0 Å². The van der Waals surface area contributed by atoms with Crippen LogP contribution in [0.2, 0.25) is 0 Å². The monoisotopic (exact) mass is 1670 g/mol. The van der Waals surface area contributed by atoms with Crippen molar-refractivity contribution in [1.82, 2.24) is 0 Å². The molecule has 27 rings (SSSR count). The Kier molecular flexibility index (Phi) is 18.7. The van der Waals surface area contributed by atoms with Crippen molar-refractivity contribution in [2.75, 3.05) is 14.4 Å². The first kappa shape index (κ1) is 76.1. The summed E-state index contributed by atoms with van der Waals surface area (Å²) < 4.78 is 21.3. The number of nitrogens with zero attached hydrogens (tertiary/aromatic N) is 3. The number of para-hydroxylation sites is 8. The second kappa shape index (κ2) is 31.9. The Morgan fingerprint density at radius 2 is 0.531 bits per heavy atom. The number of hydrogen-bond donors (Lipinski definition) is 0. The van der Waals surface area contributed by atoms with Gasteiger partial charge in [0.1, 0.15) is 33.5 Å². The molecule has 0 bridgehead atoms. The molecule has 0 N–H and O–H groups in total. The van der Waals surface area contributed by atoms with E-state index in [0.717, 1.165) is 82.6 Å². The van der Waals surface area contributed by atoms with Gasteiger partial charge in [-0.2, -0.15) is 0 Å². The number of anilines is 6. The lowest BCUT2D eigenvalue weighted by Gasteiger charge is -2.39. The molecule has 0 saturated carbocycles. The molecule has 7 heterocycles. The number of fused-ring (bicyclic) bond motifs is 21. The molecule has 0 spiro atoms. The van der Waals surface area contributed by atoms with E-state index < -0.39 is 0 Å². The lowest BCUT2D eigenvalue weighted by atomic mass is 9.45. The predicted octanol–water partition coefficient (Wildman–Crippen LogP) is 28.6. The van der Waals surface area contributed by atoms with Crippen LogP contribution in [0.4, 0.5) is 34.1 Å². The summed E-state index contributed by atoms with van der Waals surface area (Å²) in [6, 6.07) is 170. The van der Waals surface area contributed by atoms with Gasteiger partial charge in [-0.15, -0.1) is 11.3 Å². The molecule has 10 heteroatoms. The third-order valence-electron chi connectivity index (χ3n) is 26.6. The molecule has 6 nitrogen and oxygen atoms in total. The zero-order valence-corrected chi connectivity index (χ0v) is 71.6. The summed E-state index contributed by atoms with van der Waals surface area (Å²) in [4.78, 5) is 7.50. The topological polar surface area (TPSA) is 49.1 Å². The van der Waals surface area contributed by atoms with Gasteiger partial charge in [0.15, 0.2) is 0 Å². The standard InChI is InChI=1S/C48H30BNOS.2C36H24BNO/c1-5-19-43-37(11-1)38-12-2-6-20-44(38)50(34-29-25-32(26-30-34)36-16-10-18-42-40-14-4-8-22-46(40)52-48(36)42)49(43)33-27-23-31(24-28-33)35-15-9-17-41-39-13-3-7-21-45(39)51-47(35)41;1-3-11-27(12-4-1)37-33-21-19-25(26-20-22-36-32(24-26)30-16-8-10-18-35(30)39-36)23-31(33)29-15-7-9-17-34(29)38(37)28-13-5-2-6-14-28;1-3-11-27(12-4-1)37-33-17-9-7-15-29(33)31-23-25(19-21-34(31)38(37)28-13-5-2-6-14-28)26-20-22-36-32(24-26)30-16-8-10-18-35(30)39-36/h1-30H;2*1-24H. The van der Waals surface area contributed by atoms with Crippen molar-refractivity contribution in [3.63, 3.8) is 0 Å². The van der Waals surface area contributed by atoms with E-state index in [4.69, 9.17) is 13.3 Å². The summed E-state index contributed by atoms with van der Waals surface area (Å²) in [6.07, 6.45) is 0. The Morgan fingerprint density at radius 3 is 1.10 bits per heavy atom. The van der Waals surface area contributed by atoms with Crippen LogP contribution in [-0.4, -0.2) is 20.5 Å². The summed E-state index contributed by atoms with van der Waals surface area (Å²) in [6.45, 7) is 0.128. The van der Waals surface area contributed by atoms with E-state index in [1.165, 1.54) is 148 Å². The minimum Gasteiger partial charge on any atom is -0.456 e. The second-order valence-corrected chi connectivity index (χ2v) is 35.0. The van der Waals surface area contributed by atoms with Crippen molar-refractivity contribution in [2.24, 2.45) is 0 Å². The molecule has 0 atom stereocenters. The maximum Gasteiger partial charge on any atom is 0.328 e. The van der Waals surface area contributed by atoms with Crippen molar-refractivity contribution in [2.45, 2.75) is 0 Å². The molecule has 20 aromatic carbocycles. The van der Waals surface area contributed by atoms with Gasteiger partial charge >= 0.3 is 20.5 Å². The first-order valence-electron chi connectivity index (χ1n) is 44.6. The van der Waals surface area contributed by atoms with E-state index in [9.17, 15) is 0 Å². The van der Waals surface area contributed by atoms with E-state index in [1.807, 2.05) is 47.7 Å². The SMILES string of the molecule is c1ccc(B2c3ccc(-c4ccc5oc6ccccc6c5c4)cc3-c3ccccc3N2c2ccccc2)cc1.c1ccc(B2c3ccccc3-c3cc(-c4ccc5oc6ccccc6c5c4)ccc3N2c2ccccc2)cc1.c1ccc2c(c1)B(c1ccc(-c3cccc4c3oc3ccccc34)cc1)N(c1ccc(-c3cccc4c3sc3ccccc34)cc1)c1ccccc1-2. The van der Waals surface area contributed by atoms with Crippen molar-refractivity contribution < 1.29 is 13.3 Å². The summed E-state index contributed by atoms with van der Waals surface area (Å²) in [5, 5.41) is 9.55. The minimum atomic E-state index is -0.0148. The third-order valence-corrected chi connectivity index (χ3v) is 27.8. The zero-order chi connectivity index (χ0) is 85.7. The zero-order valence-electron chi connectivity index (χ0n) is 70.7. The molecule has 606 valence electrons. The molecule has 24 aromatic rings. The lowest BCUT2D eigenvalue weighted by molar-refractivity contribution is 0.668. The number of furan rings is 3. The Hall–Kier alpha value is -16.4. The van der Waals surface area contributed by atoms with Gasteiger partial charge in [0.25, 0.3) is 0 Å². The van der Waals surface area contributed by atoms with Crippen LogP contribution in [0.15, 0.2) is 486 Å². The molecule has 0 aliphatic carbocycles. The van der Waals surface area contributed by atoms with E-state index in [2.05, 4.69) is 451 Å². The normalized spacial score (nSPS) is 12.5. The fraction of sp³-hybridized carbons (Fsp3) is 0. The number of hydrogen-bond acceptors (Lipinski definition) is 7. The second-order valence-electron chi connectivity index (χ2n) is 33.9. The van der Waals surface area contributed by atoms with Gasteiger partial charge in [0.2, 0.25) is 0 Å². The largest absolute Gasteiger partial charge is 0.456 e. The molecule has 0 saturated heterocycles. The van der Waals surface area contributed by atoms with Crippen molar-refractivity contribution in [1.29, 1.82) is 0 Å². The van der Waals surface area contributed by atoms with Gasteiger partial charge in [-0.25, -0.2) is 0 Å². The van der Waals surface area contributed by atoms with Crippen LogP contribution in [0.25, 0.3) is 164 Å².